The number of halogens is 2. The van der Waals surface area contributed by atoms with Crippen molar-refractivity contribution in [2.45, 2.75) is 6.43 Å². The summed E-state index contributed by atoms with van der Waals surface area (Å²) in [5, 5.41) is 2.65. The van der Waals surface area contributed by atoms with Gasteiger partial charge in [-0.25, -0.2) is 8.78 Å². The summed E-state index contributed by atoms with van der Waals surface area (Å²) in [7, 11) is 0. The fourth-order valence-electron chi connectivity index (χ4n) is 1.88. The Kier molecular flexibility index (Phi) is 3.12. The summed E-state index contributed by atoms with van der Waals surface area (Å²) in [4.78, 5) is 12.9. The Balaban J connectivity index is 2.33. The predicted molar refractivity (Wildman–Crippen MR) is 61.0 cm³/mol. The van der Waals surface area contributed by atoms with E-state index in [-0.39, 0.29) is 18.0 Å². The number of anilines is 2. The number of rotatable bonds is 2. The van der Waals surface area contributed by atoms with Gasteiger partial charge in [-0.2, -0.15) is 0 Å². The highest BCUT2D eigenvalue weighted by molar-refractivity contribution is 5.83. The first-order valence-corrected chi connectivity index (χ1v) is 5.27. The third-order valence-electron chi connectivity index (χ3n) is 2.67. The fourth-order valence-corrected chi connectivity index (χ4v) is 1.88. The van der Waals surface area contributed by atoms with E-state index in [9.17, 15) is 13.6 Å². The molecule has 0 bridgehead atoms. The Morgan fingerprint density at radius 2 is 2.18 bits per heavy atom. The molecule has 0 unspecified atom stereocenters. The van der Waals surface area contributed by atoms with Crippen LogP contribution in [0.15, 0.2) is 18.2 Å². The van der Waals surface area contributed by atoms with E-state index in [1.54, 1.807) is 11.0 Å². The van der Waals surface area contributed by atoms with Crippen LogP contribution in [0.1, 0.15) is 12.0 Å². The normalized spacial score (nSPS) is 16.2. The third-order valence-corrected chi connectivity index (χ3v) is 2.67. The van der Waals surface area contributed by atoms with Crippen LogP contribution in [-0.4, -0.2) is 25.5 Å². The molecule has 1 aromatic rings. The van der Waals surface area contributed by atoms with Gasteiger partial charge >= 0.3 is 0 Å². The molecule has 6 heteroatoms. The average Bonchev–Trinajstić information content (AvgIpc) is 2.28. The van der Waals surface area contributed by atoms with E-state index in [2.05, 4.69) is 5.32 Å². The number of piperazine rings is 1. The SMILES string of the molecule is Nc1ccc(N2CCNC(=O)C2)c(C(F)F)c1. The number of alkyl halides is 2. The lowest BCUT2D eigenvalue weighted by atomic mass is 10.1. The number of amides is 1. The smallest absolute Gasteiger partial charge is 0.265 e. The quantitative estimate of drug-likeness (QED) is 0.763. The number of nitrogens with one attached hydrogen (secondary N) is 1. The lowest BCUT2D eigenvalue weighted by molar-refractivity contribution is -0.120. The van der Waals surface area contributed by atoms with Crippen molar-refractivity contribution in [3.63, 3.8) is 0 Å². The first-order chi connectivity index (χ1) is 8.08. The van der Waals surface area contributed by atoms with E-state index >= 15 is 0 Å². The van der Waals surface area contributed by atoms with Gasteiger partial charge in [0.1, 0.15) is 0 Å². The molecule has 3 N–H and O–H groups in total. The van der Waals surface area contributed by atoms with Crippen LogP contribution in [0.2, 0.25) is 0 Å². The minimum Gasteiger partial charge on any atom is -0.399 e. The van der Waals surface area contributed by atoms with Crippen LogP contribution in [-0.2, 0) is 4.79 Å². The molecule has 0 atom stereocenters. The van der Waals surface area contributed by atoms with E-state index in [1.165, 1.54) is 12.1 Å². The first-order valence-electron chi connectivity index (χ1n) is 5.27. The molecule has 2 rings (SSSR count). The maximum atomic E-state index is 12.9. The molecule has 92 valence electrons. The lowest BCUT2D eigenvalue weighted by Crippen LogP contribution is -2.48. The zero-order chi connectivity index (χ0) is 12.4. The summed E-state index contributed by atoms with van der Waals surface area (Å²) in [5.74, 6) is -0.159. The van der Waals surface area contributed by atoms with Crippen LogP contribution in [0.5, 0.6) is 0 Å². The predicted octanol–water partition coefficient (Wildman–Crippen LogP) is 1.14. The average molecular weight is 241 g/mol. The molecule has 1 saturated heterocycles. The van der Waals surface area contributed by atoms with Gasteiger partial charge in [0.25, 0.3) is 6.43 Å². The second-order valence-corrected chi connectivity index (χ2v) is 3.89. The number of hydrogen-bond acceptors (Lipinski definition) is 3. The van der Waals surface area contributed by atoms with Crippen molar-refractivity contribution in [3.05, 3.63) is 23.8 Å². The molecular formula is C11H13F2N3O. The van der Waals surface area contributed by atoms with Crippen molar-refractivity contribution in [3.8, 4) is 0 Å². The van der Waals surface area contributed by atoms with Crippen molar-refractivity contribution >= 4 is 17.3 Å². The molecule has 1 amide bonds. The summed E-state index contributed by atoms with van der Waals surface area (Å²) >= 11 is 0. The van der Waals surface area contributed by atoms with E-state index in [0.717, 1.165) is 0 Å². The summed E-state index contributed by atoms with van der Waals surface area (Å²) in [5.41, 5.74) is 6.04. The van der Waals surface area contributed by atoms with Crippen LogP contribution in [0.4, 0.5) is 20.2 Å². The van der Waals surface area contributed by atoms with Crippen LogP contribution in [0.3, 0.4) is 0 Å². The number of carbonyl (C=O) groups excluding carboxylic acids is 1. The number of nitrogens with two attached hydrogens (primary N) is 1. The Bertz CT molecular complexity index is 437. The van der Waals surface area contributed by atoms with E-state index in [1.807, 2.05) is 0 Å². The van der Waals surface area contributed by atoms with Gasteiger partial charge in [-0.1, -0.05) is 0 Å². The Morgan fingerprint density at radius 1 is 1.41 bits per heavy atom. The third kappa shape index (κ3) is 2.46. The van der Waals surface area contributed by atoms with Crippen molar-refractivity contribution in [2.75, 3.05) is 30.3 Å². The van der Waals surface area contributed by atoms with Gasteiger partial charge in [0.15, 0.2) is 0 Å². The van der Waals surface area contributed by atoms with Gasteiger partial charge in [0.05, 0.1) is 6.54 Å². The van der Waals surface area contributed by atoms with Crippen molar-refractivity contribution in [1.29, 1.82) is 0 Å². The second-order valence-electron chi connectivity index (χ2n) is 3.89. The number of benzene rings is 1. The Labute approximate surface area is 97.4 Å². The number of hydrogen-bond donors (Lipinski definition) is 2. The molecule has 0 aliphatic carbocycles. The van der Waals surface area contributed by atoms with Gasteiger partial charge in [0, 0.05) is 30.0 Å². The van der Waals surface area contributed by atoms with Gasteiger partial charge in [-0.3, -0.25) is 4.79 Å². The molecule has 0 spiro atoms. The number of carbonyl (C=O) groups is 1. The molecule has 1 heterocycles. The summed E-state index contributed by atoms with van der Waals surface area (Å²) in [6.07, 6.45) is -2.60. The molecule has 1 aromatic carbocycles. The highest BCUT2D eigenvalue weighted by Gasteiger charge is 2.22. The van der Waals surface area contributed by atoms with Crippen molar-refractivity contribution < 1.29 is 13.6 Å². The topological polar surface area (TPSA) is 58.4 Å². The van der Waals surface area contributed by atoms with Crippen LogP contribution < -0.4 is 16.0 Å². The zero-order valence-electron chi connectivity index (χ0n) is 9.12. The molecule has 0 radical (unpaired) electrons. The highest BCUT2D eigenvalue weighted by atomic mass is 19.3. The molecular weight excluding hydrogens is 228 g/mol. The summed E-state index contributed by atoms with van der Waals surface area (Å²) in [6.45, 7) is 1.09. The van der Waals surface area contributed by atoms with Crippen molar-refractivity contribution in [2.24, 2.45) is 0 Å². The molecule has 0 aromatic heterocycles. The maximum Gasteiger partial charge on any atom is 0.265 e. The first kappa shape index (κ1) is 11.6. The monoisotopic (exact) mass is 241 g/mol. The Morgan fingerprint density at radius 3 is 2.82 bits per heavy atom. The number of nitrogens with zero attached hydrogens (tertiary/aromatic N) is 1. The highest BCUT2D eigenvalue weighted by Crippen LogP contribution is 2.31. The molecule has 17 heavy (non-hydrogen) atoms. The zero-order valence-corrected chi connectivity index (χ0v) is 9.12. The van der Waals surface area contributed by atoms with Gasteiger partial charge in [0.2, 0.25) is 5.91 Å². The maximum absolute atomic E-state index is 12.9. The molecule has 1 aliphatic rings. The van der Waals surface area contributed by atoms with E-state index in [0.29, 0.717) is 24.5 Å². The minimum atomic E-state index is -2.60. The lowest BCUT2D eigenvalue weighted by Gasteiger charge is -2.30. The van der Waals surface area contributed by atoms with Gasteiger partial charge in [-0.05, 0) is 18.2 Å². The summed E-state index contributed by atoms with van der Waals surface area (Å²) in [6, 6.07) is 4.36. The van der Waals surface area contributed by atoms with Gasteiger partial charge in [-0.15, -0.1) is 0 Å². The van der Waals surface area contributed by atoms with E-state index < -0.39 is 6.43 Å². The van der Waals surface area contributed by atoms with Crippen LogP contribution >= 0.6 is 0 Å². The fraction of sp³-hybridized carbons (Fsp3) is 0.364. The molecule has 0 saturated carbocycles. The van der Waals surface area contributed by atoms with Gasteiger partial charge < -0.3 is 16.0 Å². The molecule has 4 nitrogen and oxygen atoms in total. The minimum absolute atomic E-state index is 0.101. The Hall–Kier alpha value is -1.85. The van der Waals surface area contributed by atoms with E-state index in [4.69, 9.17) is 5.73 Å². The summed E-state index contributed by atoms with van der Waals surface area (Å²) < 4.78 is 25.8. The molecule has 1 fully saturated rings. The van der Waals surface area contributed by atoms with Crippen LogP contribution in [0.25, 0.3) is 0 Å². The second kappa shape index (κ2) is 4.57. The molecule has 1 aliphatic heterocycles. The standard InChI is InChI=1S/C11H13F2N3O/c12-11(13)8-5-7(14)1-2-9(8)16-4-3-15-10(17)6-16/h1-2,5,11H,3-4,6,14H2,(H,15,17). The number of nitrogen functional groups attached to an aromatic ring is 1. The largest absolute Gasteiger partial charge is 0.399 e. The van der Waals surface area contributed by atoms with Crippen molar-refractivity contribution in [1.82, 2.24) is 5.32 Å². The van der Waals surface area contributed by atoms with Crippen LogP contribution in [0, 0.1) is 0 Å².